The number of hydrogen-bond donors (Lipinski definition) is 0. The van der Waals surface area contributed by atoms with Crippen LogP contribution in [0.1, 0.15) is 76.3 Å². The van der Waals surface area contributed by atoms with Gasteiger partial charge in [-0.3, -0.25) is 14.5 Å². The lowest BCUT2D eigenvalue weighted by Crippen LogP contribution is -2.51. The minimum atomic E-state index is -1.07. The van der Waals surface area contributed by atoms with Gasteiger partial charge in [-0.25, -0.2) is 0 Å². The highest BCUT2D eigenvalue weighted by atomic mass is 35.5. The number of nitrogens with zero attached hydrogens (tertiary/aromatic N) is 1. The Morgan fingerprint density at radius 1 is 1.08 bits per heavy atom. The standard InChI is InChI=1S/C29H34Cl3NO3/c1-17-26-25(18-6-8-19(30)9-7-18)22(21-11-10-20(31)16-23(21)32)12-15-29(26,36-5)27(35)33(17)24(34)13-14-28(2,3)4/h6-11,16-17,22,25-26H,12-15H2,1-5H3. The maximum absolute atomic E-state index is 14.0. The van der Waals surface area contributed by atoms with Crippen molar-refractivity contribution in [1.29, 1.82) is 0 Å². The van der Waals surface area contributed by atoms with Crippen LogP contribution in [0.15, 0.2) is 42.5 Å². The lowest BCUT2D eigenvalue weighted by atomic mass is 9.59. The Labute approximate surface area is 229 Å². The number of halogens is 3. The third-order valence-electron chi connectivity index (χ3n) is 8.03. The number of carbonyl (C=O) groups excluding carboxylic acids is 2. The summed E-state index contributed by atoms with van der Waals surface area (Å²) in [7, 11) is 1.59. The van der Waals surface area contributed by atoms with Crippen LogP contribution in [-0.2, 0) is 14.3 Å². The first-order chi connectivity index (χ1) is 16.9. The van der Waals surface area contributed by atoms with E-state index < -0.39 is 5.60 Å². The van der Waals surface area contributed by atoms with Crippen molar-refractivity contribution >= 4 is 46.6 Å². The zero-order valence-electron chi connectivity index (χ0n) is 21.5. The molecule has 2 aromatic rings. The van der Waals surface area contributed by atoms with Gasteiger partial charge in [-0.15, -0.1) is 0 Å². The monoisotopic (exact) mass is 549 g/mol. The molecule has 36 heavy (non-hydrogen) atoms. The molecule has 1 saturated carbocycles. The fraction of sp³-hybridized carbons (Fsp3) is 0.517. The van der Waals surface area contributed by atoms with Gasteiger partial charge in [0, 0.05) is 40.6 Å². The first kappa shape index (κ1) is 27.4. The summed E-state index contributed by atoms with van der Waals surface area (Å²) in [4.78, 5) is 28.9. The number of methoxy groups -OCH3 is 1. The summed E-state index contributed by atoms with van der Waals surface area (Å²) in [5.74, 6) is -0.705. The second kappa shape index (κ2) is 10.3. The van der Waals surface area contributed by atoms with Gasteiger partial charge in [-0.05, 0) is 78.8 Å². The molecule has 0 bridgehead atoms. The molecule has 1 aliphatic heterocycles. The van der Waals surface area contributed by atoms with Crippen molar-refractivity contribution in [2.24, 2.45) is 11.3 Å². The highest BCUT2D eigenvalue weighted by Gasteiger charge is 2.65. The summed E-state index contributed by atoms with van der Waals surface area (Å²) in [6, 6.07) is 13.0. The first-order valence-electron chi connectivity index (χ1n) is 12.5. The smallest absolute Gasteiger partial charge is 0.262 e. The van der Waals surface area contributed by atoms with Crippen molar-refractivity contribution in [3.8, 4) is 0 Å². The van der Waals surface area contributed by atoms with Gasteiger partial charge in [-0.1, -0.05) is 73.8 Å². The number of hydrogen-bond acceptors (Lipinski definition) is 3. The number of imide groups is 1. The van der Waals surface area contributed by atoms with Crippen LogP contribution < -0.4 is 0 Å². The lowest BCUT2D eigenvalue weighted by molar-refractivity contribution is -0.157. The van der Waals surface area contributed by atoms with Crippen LogP contribution >= 0.6 is 34.8 Å². The summed E-state index contributed by atoms with van der Waals surface area (Å²) in [5.41, 5.74) is 0.958. The molecule has 5 unspecified atom stereocenters. The van der Waals surface area contributed by atoms with E-state index in [0.29, 0.717) is 40.8 Å². The van der Waals surface area contributed by atoms with E-state index in [1.54, 1.807) is 13.2 Å². The summed E-state index contributed by atoms with van der Waals surface area (Å²) >= 11 is 19.2. The van der Waals surface area contributed by atoms with Crippen LogP contribution in [0.25, 0.3) is 0 Å². The van der Waals surface area contributed by atoms with Crippen LogP contribution in [0, 0.1) is 11.3 Å². The zero-order chi connectivity index (χ0) is 26.4. The minimum Gasteiger partial charge on any atom is -0.368 e. The average molecular weight is 551 g/mol. The van der Waals surface area contributed by atoms with Gasteiger partial charge in [0.2, 0.25) is 5.91 Å². The molecular formula is C29H34Cl3NO3. The number of amides is 2. The molecule has 4 rings (SSSR count). The van der Waals surface area contributed by atoms with E-state index in [-0.39, 0.29) is 41.0 Å². The van der Waals surface area contributed by atoms with Crippen molar-refractivity contribution < 1.29 is 14.3 Å². The quantitative estimate of drug-likeness (QED) is 0.380. The maximum atomic E-state index is 14.0. The van der Waals surface area contributed by atoms with Crippen molar-refractivity contribution in [1.82, 2.24) is 4.90 Å². The van der Waals surface area contributed by atoms with Crippen molar-refractivity contribution in [2.45, 2.75) is 76.9 Å². The molecule has 7 heteroatoms. The molecule has 0 spiro atoms. The Hall–Kier alpha value is -1.59. The van der Waals surface area contributed by atoms with Crippen LogP contribution in [0.2, 0.25) is 15.1 Å². The van der Waals surface area contributed by atoms with E-state index in [9.17, 15) is 9.59 Å². The number of carbonyl (C=O) groups is 2. The second-order valence-corrected chi connectivity index (χ2v) is 12.7. The SMILES string of the molecule is COC12CCC(c3ccc(Cl)cc3Cl)C(c3ccc(Cl)cc3)C1C(C)N(C(=O)CCC(C)(C)C)C2=O. The third kappa shape index (κ3) is 4.95. The van der Waals surface area contributed by atoms with Crippen molar-refractivity contribution in [3.63, 3.8) is 0 Å². The van der Waals surface area contributed by atoms with Gasteiger partial charge in [-0.2, -0.15) is 0 Å². The topological polar surface area (TPSA) is 46.6 Å². The predicted molar refractivity (Wildman–Crippen MR) is 146 cm³/mol. The van der Waals surface area contributed by atoms with E-state index in [2.05, 4.69) is 20.8 Å². The number of benzene rings is 2. The molecule has 2 aromatic carbocycles. The molecule has 4 nitrogen and oxygen atoms in total. The van der Waals surface area contributed by atoms with Crippen LogP contribution in [-0.4, -0.2) is 35.5 Å². The summed E-state index contributed by atoms with van der Waals surface area (Å²) in [5, 5.41) is 1.82. The van der Waals surface area contributed by atoms with Crippen molar-refractivity contribution in [3.05, 3.63) is 68.7 Å². The van der Waals surface area contributed by atoms with E-state index in [0.717, 1.165) is 11.1 Å². The number of likely N-dealkylation sites (tertiary alicyclic amines) is 1. The molecule has 2 aliphatic rings. The molecule has 1 aliphatic carbocycles. The number of fused-ring (bicyclic) bond motifs is 1. The van der Waals surface area contributed by atoms with E-state index in [1.807, 2.05) is 43.3 Å². The summed E-state index contributed by atoms with van der Waals surface area (Å²) in [6.07, 6.45) is 2.22. The summed E-state index contributed by atoms with van der Waals surface area (Å²) in [6.45, 7) is 8.28. The van der Waals surface area contributed by atoms with Gasteiger partial charge in [0.1, 0.15) is 0 Å². The predicted octanol–water partition coefficient (Wildman–Crippen LogP) is 7.89. The molecule has 1 heterocycles. The molecule has 194 valence electrons. The lowest BCUT2D eigenvalue weighted by Gasteiger charge is -2.46. The fourth-order valence-electron chi connectivity index (χ4n) is 6.29. The molecule has 1 saturated heterocycles. The fourth-order valence-corrected chi connectivity index (χ4v) is 6.96. The highest BCUT2D eigenvalue weighted by Crippen LogP contribution is 2.58. The Bertz CT molecular complexity index is 1140. The molecule has 0 N–H and O–H groups in total. The van der Waals surface area contributed by atoms with Crippen LogP contribution in [0.3, 0.4) is 0 Å². The van der Waals surface area contributed by atoms with Gasteiger partial charge in [0.15, 0.2) is 5.60 Å². The van der Waals surface area contributed by atoms with Gasteiger partial charge < -0.3 is 4.74 Å². The Morgan fingerprint density at radius 3 is 2.31 bits per heavy atom. The molecule has 2 amide bonds. The van der Waals surface area contributed by atoms with E-state index >= 15 is 0 Å². The highest BCUT2D eigenvalue weighted by molar-refractivity contribution is 6.35. The van der Waals surface area contributed by atoms with E-state index in [4.69, 9.17) is 39.5 Å². The third-order valence-corrected chi connectivity index (χ3v) is 8.85. The minimum absolute atomic E-state index is 0.00432. The Kier molecular flexibility index (Phi) is 7.84. The van der Waals surface area contributed by atoms with Crippen LogP contribution in [0.5, 0.6) is 0 Å². The molecule has 2 fully saturated rings. The van der Waals surface area contributed by atoms with Gasteiger partial charge in [0.05, 0.1) is 0 Å². The van der Waals surface area contributed by atoms with Crippen molar-refractivity contribution in [2.75, 3.05) is 7.11 Å². The second-order valence-electron chi connectivity index (χ2n) is 11.4. The van der Waals surface area contributed by atoms with Crippen LogP contribution in [0.4, 0.5) is 0 Å². The largest absolute Gasteiger partial charge is 0.368 e. The normalized spacial score (nSPS) is 28.3. The molecular weight excluding hydrogens is 517 g/mol. The Morgan fingerprint density at radius 2 is 1.72 bits per heavy atom. The van der Waals surface area contributed by atoms with Gasteiger partial charge in [0.25, 0.3) is 5.91 Å². The number of ether oxygens (including phenoxy) is 1. The Balaban J connectivity index is 1.81. The van der Waals surface area contributed by atoms with E-state index in [1.165, 1.54) is 4.90 Å². The number of rotatable bonds is 5. The molecule has 5 atom stereocenters. The maximum Gasteiger partial charge on any atom is 0.262 e. The average Bonchev–Trinajstić information content (AvgIpc) is 3.04. The zero-order valence-corrected chi connectivity index (χ0v) is 23.8. The first-order valence-corrected chi connectivity index (χ1v) is 13.6. The van der Waals surface area contributed by atoms with Gasteiger partial charge >= 0.3 is 0 Å². The molecule has 0 radical (unpaired) electrons. The molecule has 0 aromatic heterocycles. The summed E-state index contributed by atoms with van der Waals surface area (Å²) < 4.78 is 6.10.